The number of amidine groups is 1. The molecule has 0 spiro atoms. The number of likely N-dealkylation sites (N-methyl/N-ethyl adjacent to an activating group) is 1. The Morgan fingerprint density at radius 3 is 2.23 bits per heavy atom. The second-order valence-corrected chi connectivity index (χ2v) is 12.2. The lowest BCUT2D eigenvalue weighted by Crippen LogP contribution is -2.31. The van der Waals surface area contributed by atoms with Crippen LogP contribution in [0.3, 0.4) is 0 Å². The SMILES string of the molecule is Cc1nc(C)c(S(=O)(=O)N(C)CCCC(=O)N(C)CCc2ccc(C3=NCCN3)cc2)s1.O=C(O)C(F)(F)F. The molecule has 0 saturated heterocycles. The number of hydrogen-bond acceptors (Lipinski definition) is 8. The van der Waals surface area contributed by atoms with Crippen molar-refractivity contribution in [1.82, 2.24) is 19.5 Å². The van der Waals surface area contributed by atoms with E-state index in [-0.39, 0.29) is 16.7 Å². The number of alkyl halides is 3. The number of aliphatic carboxylic acids is 1. The van der Waals surface area contributed by atoms with E-state index in [1.165, 1.54) is 15.6 Å². The Kier molecular flexibility index (Phi) is 11.4. The third-order valence-electron chi connectivity index (χ3n) is 5.67. The Morgan fingerprint density at radius 1 is 1.13 bits per heavy atom. The Labute approximate surface area is 229 Å². The molecule has 2 aromatic rings. The summed E-state index contributed by atoms with van der Waals surface area (Å²) in [7, 11) is -0.232. The fourth-order valence-electron chi connectivity index (χ4n) is 3.50. The number of carboxylic acids is 1. The number of hydrogen-bond donors (Lipinski definition) is 2. The van der Waals surface area contributed by atoms with E-state index in [4.69, 9.17) is 9.90 Å². The monoisotopic (exact) mass is 591 g/mol. The summed E-state index contributed by atoms with van der Waals surface area (Å²) in [5.74, 6) is -1.80. The van der Waals surface area contributed by atoms with Crippen molar-refractivity contribution in [2.45, 2.75) is 43.5 Å². The average molecular weight is 592 g/mol. The molecule has 2 N–H and O–H groups in total. The molecule has 216 valence electrons. The van der Waals surface area contributed by atoms with Gasteiger partial charge in [0.2, 0.25) is 5.91 Å². The zero-order chi connectivity index (χ0) is 29.4. The highest BCUT2D eigenvalue weighted by molar-refractivity contribution is 7.91. The molecule has 0 radical (unpaired) electrons. The highest BCUT2D eigenvalue weighted by Crippen LogP contribution is 2.25. The molecule has 0 saturated carbocycles. The number of benzene rings is 1. The summed E-state index contributed by atoms with van der Waals surface area (Å²) in [4.78, 5) is 31.7. The van der Waals surface area contributed by atoms with E-state index < -0.39 is 22.2 Å². The quantitative estimate of drug-likeness (QED) is 0.434. The van der Waals surface area contributed by atoms with E-state index in [1.807, 2.05) is 0 Å². The van der Waals surface area contributed by atoms with Crippen LogP contribution in [0.5, 0.6) is 0 Å². The predicted octanol–water partition coefficient (Wildman–Crippen LogP) is 2.84. The van der Waals surface area contributed by atoms with Crippen LogP contribution in [0.4, 0.5) is 13.2 Å². The molecule has 0 fully saturated rings. The minimum absolute atomic E-state index is 0.0155. The molecular formula is C24H32F3N5O5S2. The number of carbonyl (C=O) groups excluding carboxylic acids is 1. The molecule has 0 atom stereocenters. The first-order chi connectivity index (χ1) is 18.1. The van der Waals surface area contributed by atoms with Gasteiger partial charge in [0.05, 0.1) is 17.2 Å². The lowest BCUT2D eigenvalue weighted by Gasteiger charge is -2.19. The van der Waals surface area contributed by atoms with Crippen molar-refractivity contribution in [2.75, 3.05) is 40.3 Å². The Hall–Kier alpha value is -3.04. The normalized spacial score (nSPS) is 13.4. The Morgan fingerprint density at radius 2 is 1.74 bits per heavy atom. The second-order valence-electron chi connectivity index (χ2n) is 8.76. The van der Waals surface area contributed by atoms with Gasteiger partial charge in [-0.3, -0.25) is 9.79 Å². The molecule has 1 aliphatic heterocycles. The number of carbonyl (C=O) groups is 2. The number of carboxylic acid groups (broad SMARTS) is 1. The lowest BCUT2D eigenvalue weighted by molar-refractivity contribution is -0.192. The fourth-order valence-corrected chi connectivity index (χ4v) is 6.38. The predicted molar refractivity (Wildman–Crippen MR) is 142 cm³/mol. The van der Waals surface area contributed by atoms with Crippen LogP contribution in [-0.4, -0.2) is 91.9 Å². The Balaban J connectivity index is 0.000000673. The van der Waals surface area contributed by atoms with E-state index >= 15 is 0 Å². The smallest absolute Gasteiger partial charge is 0.475 e. The molecular weight excluding hydrogens is 559 g/mol. The first kappa shape index (κ1) is 32.2. The van der Waals surface area contributed by atoms with Gasteiger partial charge in [-0.2, -0.15) is 13.2 Å². The molecule has 0 bridgehead atoms. The number of sulfonamides is 1. The number of thiazole rings is 1. The summed E-state index contributed by atoms with van der Waals surface area (Å²) in [5, 5.41) is 11.1. The van der Waals surface area contributed by atoms with Crippen molar-refractivity contribution in [3.8, 4) is 0 Å². The zero-order valence-corrected chi connectivity index (χ0v) is 23.7. The minimum atomic E-state index is -5.08. The second kappa shape index (κ2) is 13.8. The van der Waals surface area contributed by atoms with Crippen LogP contribution < -0.4 is 5.32 Å². The van der Waals surface area contributed by atoms with E-state index in [1.54, 1.807) is 32.8 Å². The van der Waals surface area contributed by atoms with Crippen LogP contribution in [0.15, 0.2) is 33.5 Å². The van der Waals surface area contributed by atoms with Gasteiger partial charge in [-0.05, 0) is 32.3 Å². The van der Waals surface area contributed by atoms with Gasteiger partial charge in [-0.15, -0.1) is 11.3 Å². The van der Waals surface area contributed by atoms with Gasteiger partial charge in [0.1, 0.15) is 5.84 Å². The van der Waals surface area contributed by atoms with Crippen molar-refractivity contribution < 1.29 is 36.3 Å². The van der Waals surface area contributed by atoms with Gasteiger partial charge in [-0.1, -0.05) is 24.3 Å². The average Bonchev–Trinajstić information content (AvgIpc) is 3.52. The van der Waals surface area contributed by atoms with Crippen LogP contribution >= 0.6 is 11.3 Å². The number of amides is 1. The summed E-state index contributed by atoms with van der Waals surface area (Å²) >= 11 is 1.18. The molecule has 10 nitrogen and oxygen atoms in total. The molecule has 0 unspecified atom stereocenters. The van der Waals surface area contributed by atoms with Crippen molar-refractivity contribution in [3.05, 3.63) is 46.1 Å². The lowest BCUT2D eigenvalue weighted by atomic mass is 10.1. The number of nitrogens with zero attached hydrogens (tertiary/aromatic N) is 4. The summed E-state index contributed by atoms with van der Waals surface area (Å²) in [6.45, 7) is 6.10. The van der Waals surface area contributed by atoms with Gasteiger partial charge < -0.3 is 15.3 Å². The van der Waals surface area contributed by atoms with Gasteiger partial charge in [0, 0.05) is 45.7 Å². The molecule has 39 heavy (non-hydrogen) atoms. The minimum Gasteiger partial charge on any atom is -0.475 e. The number of aryl methyl sites for hydroxylation is 2. The van der Waals surface area contributed by atoms with Crippen molar-refractivity contribution in [1.29, 1.82) is 0 Å². The maximum Gasteiger partial charge on any atom is 0.490 e. The van der Waals surface area contributed by atoms with Crippen molar-refractivity contribution in [3.63, 3.8) is 0 Å². The summed E-state index contributed by atoms with van der Waals surface area (Å²) in [6.07, 6.45) is -3.54. The number of aromatic nitrogens is 1. The van der Waals surface area contributed by atoms with Gasteiger partial charge in [0.15, 0.2) is 4.21 Å². The van der Waals surface area contributed by atoms with Crippen LogP contribution in [0.25, 0.3) is 0 Å². The van der Waals surface area contributed by atoms with Gasteiger partial charge in [-0.25, -0.2) is 22.5 Å². The molecule has 0 aliphatic carbocycles. The fraction of sp³-hybridized carbons (Fsp3) is 0.500. The van der Waals surface area contributed by atoms with Crippen LogP contribution in [0, 0.1) is 13.8 Å². The number of rotatable bonds is 10. The molecule has 2 heterocycles. The third-order valence-corrected chi connectivity index (χ3v) is 9.19. The molecule has 3 rings (SSSR count). The van der Waals surface area contributed by atoms with Gasteiger partial charge in [0.25, 0.3) is 10.0 Å². The summed E-state index contributed by atoms with van der Waals surface area (Å²) in [6, 6.07) is 8.24. The third kappa shape index (κ3) is 9.58. The largest absolute Gasteiger partial charge is 0.490 e. The van der Waals surface area contributed by atoms with Crippen LogP contribution in [0.1, 0.15) is 34.7 Å². The highest BCUT2D eigenvalue weighted by Gasteiger charge is 2.38. The van der Waals surface area contributed by atoms with Crippen LogP contribution in [-0.2, 0) is 26.0 Å². The first-order valence-corrected chi connectivity index (χ1v) is 14.2. The molecule has 15 heteroatoms. The summed E-state index contributed by atoms with van der Waals surface area (Å²) < 4.78 is 58.8. The zero-order valence-electron chi connectivity index (χ0n) is 22.1. The molecule has 1 amide bonds. The van der Waals surface area contributed by atoms with Gasteiger partial charge >= 0.3 is 12.1 Å². The topological polar surface area (TPSA) is 132 Å². The van der Waals surface area contributed by atoms with Crippen molar-refractivity contribution in [2.24, 2.45) is 4.99 Å². The van der Waals surface area contributed by atoms with E-state index in [2.05, 4.69) is 39.6 Å². The summed E-state index contributed by atoms with van der Waals surface area (Å²) in [5.41, 5.74) is 2.77. The maximum absolute atomic E-state index is 12.7. The number of halogens is 3. The van der Waals surface area contributed by atoms with Crippen LogP contribution in [0.2, 0.25) is 0 Å². The Bertz CT molecular complexity index is 1280. The molecule has 1 aliphatic rings. The number of aliphatic imine (C=N–C) groups is 1. The van der Waals surface area contributed by atoms with E-state index in [9.17, 15) is 26.4 Å². The highest BCUT2D eigenvalue weighted by atomic mass is 32.2. The number of nitrogens with one attached hydrogen (secondary N) is 1. The molecule has 1 aromatic heterocycles. The first-order valence-electron chi connectivity index (χ1n) is 11.9. The van der Waals surface area contributed by atoms with Crippen molar-refractivity contribution >= 4 is 39.1 Å². The molecule has 1 aromatic carbocycles. The van der Waals surface area contributed by atoms with E-state index in [0.29, 0.717) is 25.1 Å². The van der Waals surface area contributed by atoms with E-state index in [0.717, 1.165) is 41.5 Å². The standard InChI is InChI=1S/C22H31N5O3S2.C2HF3O2/c1-16-22(31-17(2)25-16)32(29,30)27(4)14-5-6-20(28)26(3)15-11-18-7-9-19(10-8-18)21-23-12-13-24-21;3-2(4,5)1(6)7/h7-10H,5-6,11-15H2,1-4H3,(H,23,24);(H,6,7). The maximum atomic E-state index is 12.7.